The van der Waals surface area contributed by atoms with Gasteiger partial charge in [-0.3, -0.25) is 4.79 Å². The van der Waals surface area contributed by atoms with Crippen molar-refractivity contribution in [1.82, 2.24) is 9.97 Å². The molecule has 0 spiro atoms. The minimum atomic E-state index is -0.147. The van der Waals surface area contributed by atoms with Crippen molar-refractivity contribution in [1.29, 1.82) is 0 Å². The Morgan fingerprint density at radius 1 is 1.44 bits per heavy atom. The molecule has 0 saturated heterocycles. The fourth-order valence-corrected chi connectivity index (χ4v) is 1.96. The highest BCUT2D eigenvalue weighted by molar-refractivity contribution is 6.16. The van der Waals surface area contributed by atoms with Crippen LogP contribution >= 0.6 is 11.6 Å². The molecule has 5 nitrogen and oxygen atoms in total. The van der Waals surface area contributed by atoms with Crippen LogP contribution in [0.5, 0.6) is 5.75 Å². The number of alkyl halides is 1. The lowest BCUT2D eigenvalue weighted by Gasteiger charge is -2.18. The fraction of sp³-hybridized carbons (Fsp3) is 0.167. The molecule has 1 aromatic heterocycles. The summed E-state index contributed by atoms with van der Waals surface area (Å²) < 4.78 is 5.29. The van der Waals surface area contributed by atoms with Gasteiger partial charge in [0.05, 0.1) is 23.5 Å². The fourth-order valence-electron chi connectivity index (χ4n) is 1.83. The van der Waals surface area contributed by atoms with Gasteiger partial charge in [0.15, 0.2) is 6.61 Å². The third kappa shape index (κ3) is 1.93. The zero-order chi connectivity index (χ0) is 12.5. The number of imidazole rings is 1. The molecule has 18 heavy (non-hydrogen) atoms. The highest BCUT2D eigenvalue weighted by Crippen LogP contribution is 2.32. The molecule has 1 aliphatic heterocycles. The number of benzene rings is 1. The van der Waals surface area contributed by atoms with E-state index in [4.69, 9.17) is 16.3 Å². The van der Waals surface area contributed by atoms with Gasteiger partial charge in [-0.1, -0.05) is 0 Å². The number of aromatic amines is 1. The van der Waals surface area contributed by atoms with E-state index < -0.39 is 0 Å². The predicted octanol–water partition coefficient (Wildman–Crippen LogP) is 2.15. The van der Waals surface area contributed by atoms with Crippen LogP contribution in [0.4, 0.5) is 5.69 Å². The number of ether oxygens (including phenoxy) is 1. The molecule has 0 saturated carbocycles. The number of hydrogen-bond acceptors (Lipinski definition) is 3. The summed E-state index contributed by atoms with van der Waals surface area (Å²) >= 11 is 5.69. The summed E-state index contributed by atoms with van der Waals surface area (Å²) in [7, 11) is 0. The van der Waals surface area contributed by atoms with E-state index in [0.717, 1.165) is 11.3 Å². The minimum absolute atomic E-state index is 0.0623. The molecule has 0 fully saturated rings. The number of H-pyrrole nitrogens is 1. The number of carbonyl (C=O) groups is 1. The minimum Gasteiger partial charge on any atom is -0.482 e. The summed E-state index contributed by atoms with van der Waals surface area (Å²) in [5.41, 5.74) is 2.45. The van der Waals surface area contributed by atoms with Gasteiger partial charge in [-0.25, -0.2) is 4.98 Å². The summed E-state index contributed by atoms with van der Waals surface area (Å²) in [5, 5.41) is 2.77. The van der Waals surface area contributed by atoms with E-state index in [-0.39, 0.29) is 12.5 Å². The van der Waals surface area contributed by atoms with Gasteiger partial charge in [-0.15, -0.1) is 11.6 Å². The lowest BCUT2D eigenvalue weighted by atomic mass is 10.1. The molecule has 92 valence electrons. The van der Waals surface area contributed by atoms with E-state index >= 15 is 0 Å². The number of nitrogens with zero attached hydrogens (tertiary/aromatic N) is 1. The number of fused-ring (bicyclic) bond motifs is 1. The van der Waals surface area contributed by atoms with Gasteiger partial charge in [0.2, 0.25) is 0 Å². The van der Waals surface area contributed by atoms with E-state index in [1.54, 1.807) is 6.20 Å². The van der Waals surface area contributed by atoms with Crippen LogP contribution in [-0.2, 0) is 10.7 Å². The second kappa shape index (κ2) is 4.34. The van der Waals surface area contributed by atoms with Crippen molar-refractivity contribution < 1.29 is 9.53 Å². The number of hydrogen-bond donors (Lipinski definition) is 2. The Morgan fingerprint density at radius 3 is 3.11 bits per heavy atom. The van der Waals surface area contributed by atoms with Crippen LogP contribution in [0.15, 0.2) is 24.4 Å². The Bertz CT molecular complexity index is 609. The average Bonchev–Trinajstić information content (AvgIpc) is 2.86. The number of nitrogens with one attached hydrogen (secondary N) is 2. The lowest BCUT2D eigenvalue weighted by molar-refractivity contribution is -0.118. The first kappa shape index (κ1) is 11.1. The summed E-state index contributed by atoms with van der Waals surface area (Å²) in [5.74, 6) is 1.58. The maximum atomic E-state index is 11.3. The van der Waals surface area contributed by atoms with Gasteiger partial charge in [0.1, 0.15) is 11.6 Å². The molecule has 0 unspecified atom stereocenters. The van der Waals surface area contributed by atoms with Gasteiger partial charge in [-0.05, 0) is 18.2 Å². The molecule has 1 aliphatic rings. The topological polar surface area (TPSA) is 67.0 Å². The Hall–Kier alpha value is -2.01. The van der Waals surface area contributed by atoms with Crippen molar-refractivity contribution in [2.45, 2.75) is 5.88 Å². The highest BCUT2D eigenvalue weighted by atomic mass is 35.5. The van der Waals surface area contributed by atoms with Crippen LogP contribution in [-0.4, -0.2) is 22.5 Å². The van der Waals surface area contributed by atoms with Crippen molar-refractivity contribution >= 4 is 23.2 Å². The monoisotopic (exact) mass is 263 g/mol. The standard InChI is InChI=1S/C12H10ClN3O2/c13-4-11-14-5-9(15-11)7-1-2-10-8(3-7)16-12(17)6-18-10/h1-3,5H,4,6H2,(H,14,15)(H,16,17). The maximum Gasteiger partial charge on any atom is 0.262 e. The normalized spacial score (nSPS) is 13.7. The number of anilines is 1. The van der Waals surface area contributed by atoms with Gasteiger partial charge in [0.25, 0.3) is 5.91 Å². The second-order valence-electron chi connectivity index (χ2n) is 3.92. The molecular weight excluding hydrogens is 254 g/mol. The SMILES string of the molecule is O=C1COc2ccc(-c3cnc(CCl)[nH]3)cc2N1. The predicted molar refractivity (Wildman–Crippen MR) is 67.7 cm³/mol. The largest absolute Gasteiger partial charge is 0.482 e. The highest BCUT2D eigenvalue weighted by Gasteiger charge is 2.16. The molecule has 0 aliphatic carbocycles. The van der Waals surface area contributed by atoms with Crippen molar-refractivity contribution in [3.63, 3.8) is 0 Å². The van der Waals surface area contributed by atoms with E-state index in [1.165, 1.54) is 0 Å². The number of aromatic nitrogens is 2. The molecule has 1 amide bonds. The van der Waals surface area contributed by atoms with Crippen molar-refractivity contribution in [3.8, 4) is 17.0 Å². The summed E-state index contributed by atoms with van der Waals surface area (Å²) in [4.78, 5) is 18.5. The number of rotatable bonds is 2. The van der Waals surface area contributed by atoms with Gasteiger partial charge < -0.3 is 15.0 Å². The summed E-state index contributed by atoms with van der Waals surface area (Å²) in [6.07, 6.45) is 1.71. The van der Waals surface area contributed by atoms with Crippen LogP contribution < -0.4 is 10.1 Å². The Balaban J connectivity index is 1.98. The smallest absolute Gasteiger partial charge is 0.262 e. The van der Waals surface area contributed by atoms with Gasteiger partial charge in [-0.2, -0.15) is 0 Å². The molecule has 0 bridgehead atoms. The molecule has 0 atom stereocenters. The zero-order valence-electron chi connectivity index (χ0n) is 9.37. The Morgan fingerprint density at radius 2 is 2.33 bits per heavy atom. The third-order valence-electron chi connectivity index (χ3n) is 2.68. The second-order valence-corrected chi connectivity index (χ2v) is 4.19. The molecule has 0 radical (unpaired) electrons. The number of carbonyl (C=O) groups excluding carboxylic acids is 1. The van der Waals surface area contributed by atoms with Crippen molar-refractivity contribution in [3.05, 3.63) is 30.2 Å². The van der Waals surface area contributed by atoms with Gasteiger partial charge in [0, 0.05) is 5.56 Å². The average molecular weight is 264 g/mol. The third-order valence-corrected chi connectivity index (χ3v) is 2.93. The van der Waals surface area contributed by atoms with Crippen LogP contribution in [0.2, 0.25) is 0 Å². The quantitative estimate of drug-likeness (QED) is 0.816. The first-order valence-electron chi connectivity index (χ1n) is 5.43. The maximum absolute atomic E-state index is 11.3. The van der Waals surface area contributed by atoms with Crippen LogP contribution in [0.25, 0.3) is 11.3 Å². The van der Waals surface area contributed by atoms with Crippen LogP contribution in [0.1, 0.15) is 5.82 Å². The zero-order valence-corrected chi connectivity index (χ0v) is 10.1. The molecule has 3 rings (SSSR count). The van der Waals surface area contributed by atoms with E-state index in [9.17, 15) is 4.79 Å². The number of amides is 1. The Kier molecular flexibility index (Phi) is 2.68. The first-order chi connectivity index (χ1) is 8.76. The van der Waals surface area contributed by atoms with Crippen molar-refractivity contribution in [2.75, 3.05) is 11.9 Å². The Labute approximate surface area is 108 Å². The summed E-state index contributed by atoms with van der Waals surface area (Å²) in [6.45, 7) is 0.0623. The molecule has 2 aromatic rings. The van der Waals surface area contributed by atoms with Crippen molar-refractivity contribution in [2.24, 2.45) is 0 Å². The number of halogens is 1. The first-order valence-corrected chi connectivity index (χ1v) is 5.96. The van der Waals surface area contributed by atoms with E-state index in [1.807, 2.05) is 18.2 Å². The molecular formula is C12H10ClN3O2. The molecule has 2 N–H and O–H groups in total. The molecule has 1 aromatic carbocycles. The summed E-state index contributed by atoms with van der Waals surface area (Å²) in [6, 6.07) is 5.57. The molecule has 6 heteroatoms. The van der Waals surface area contributed by atoms with Crippen LogP contribution in [0.3, 0.4) is 0 Å². The molecule has 2 heterocycles. The van der Waals surface area contributed by atoms with E-state index in [2.05, 4.69) is 15.3 Å². The van der Waals surface area contributed by atoms with E-state index in [0.29, 0.717) is 23.1 Å². The van der Waals surface area contributed by atoms with Crippen LogP contribution in [0, 0.1) is 0 Å². The lowest BCUT2D eigenvalue weighted by Crippen LogP contribution is -2.25. The van der Waals surface area contributed by atoms with Gasteiger partial charge >= 0.3 is 0 Å².